The Kier molecular flexibility index (Phi) is 4.26. The SMILES string of the molecule is CCN1c2cc(F)c(/C=c3/sc4nc5ccccc5n4c3=O)cc2C(C)CC1(C)C. The van der Waals surface area contributed by atoms with Gasteiger partial charge in [0, 0.05) is 23.3 Å². The highest BCUT2D eigenvalue weighted by Gasteiger charge is 2.36. The topological polar surface area (TPSA) is 37.6 Å². The molecule has 0 aliphatic carbocycles. The van der Waals surface area contributed by atoms with Crippen molar-refractivity contribution in [3.05, 3.63) is 68.2 Å². The Labute approximate surface area is 178 Å². The average Bonchev–Trinajstić information content (AvgIpc) is 3.19. The molecule has 2 aromatic heterocycles. The Balaban J connectivity index is 1.69. The van der Waals surface area contributed by atoms with E-state index in [1.54, 1.807) is 16.5 Å². The molecule has 2 aromatic carbocycles. The summed E-state index contributed by atoms with van der Waals surface area (Å²) in [5, 5.41) is 0. The summed E-state index contributed by atoms with van der Waals surface area (Å²) in [6, 6.07) is 11.1. The van der Waals surface area contributed by atoms with Gasteiger partial charge in [0.05, 0.1) is 15.6 Å². The number of para-hydroxylation sites is 2. The van der Waals surface area contributed by atoms with Crippen LogP contribution < -0.4 is 15.0 Å². The van der Waals surface area contributed by atoms with Gasteiger partial charge in [-0.2, -0.15) is 0 Å². The Morgan fingerprint density at radius 2 is 2.07 bits per heavy atom. The number of fused-ring (bicyclic) bond motifs is 4. The summed E-state index contributed by atoms with van der Waals surface area (Å²) >= 11 is 1.30. The van der Waals surface area contributed by atoms with E-state index in [1.807, 2.05) is 30.3 Å². The number of hydrogen-bond acceptors (Lipinski definition) is 4. The van der Waals surface area contributed by atoms with Gasteiger partial charge in [-0.15, -0.1) is 0 Å². The summed E-state index contributed by atoms with van der Waals surface area (Å²) in [5.74, 6) is 0.0225. The van der Waals surface area contributed by atoms with Gasteiger partial charge >= 0.3 is 0 Å². The minimum atomic E-state index is -0.299. The third-order valence-electron chi connectivity index (χ3n) is 6.25. The molecule has 0 amide bonds. The van der Waals surface area contributed by atoms with Crippen LogP contribution in [-0.2, 0) is 0 Å². The number of halogens is 1. The molecule has 3 heterocycles. The third-order valence-corrected chi connectivity index (χ3v) is 7.22. The van der Waals surface area contributed by atoms with Crippen molar-refractivity contribution in [2.45, 2.75) is 45.6 Å². The van der Waals surface area contributed by atoms with Crippen LogP contribution in [0.15, 0.2) is 41.2 Å². The summed E-state index contributed by atoms with van der Waals surface area (Å²) in [6.07, 6.45) is 2.68. The number of benzene rings is 2. The fourth-order valence-electron chi connectivity index (χ4n) is 4.98. The number of thiazole rings is 1. The van der Waals surface area contributed by atoms with E-state index in [-0.39, 0.29) is 16.9 Å². The predicted octanol–water partition coefficient (Wildman–Crippen LogP) is 4.71. The van der Waals surface area contributed by atoms with Gasteiger partial charge in [-0.25, -0.2) is 13.8 Å². The Hall–Kier alpha value is -2.73. The molecule has 5 rings (SSSR count). The second-order valence-corrected chi connectivity index (χ2v) is 9.74. The summed E-state index contributed by atoms with van der Waals surface area (Å²) in [5.41, 5.74) is 3.99. The molecule has 6 heteroatoms. The van der Waals surface area contributed by atoms with Crippen molar-refractivity contribution in [1.29, 1.82) is 0 Å². The fraction of sp³-hybridized carbons (Fsp3) is 0.333. The number of nitrogens with zero attached hydrogens (tertiary/aromatic N) is 3. The number of anilines is 1. The molecule has 0 saturated carbocycles. The largest absolute Gasteiger partial charge is 0.366 e. The first-order valence-corrected chi connectivity index (χ1v) is 11.1. The lowest BCUT2D eigenvalue weighted by molar-refractivity contribution is 0.380. The Bertz CT molecular complexity index is 1400. The summed E-state index contributed by atoms with van der Waals surface area (Å²) in [6.45, 7) is 9.55. The molecule has 0 spiro atoms. The minimum Gasteiger partial charge on any atom is -0.366 e. The number of rotatable bonds is 2. The van der Waals surface area contributed by atoms with Gasteiger partial charge < -0.3 is 4.90 Å². The highest BCUT2D eigenvalue weighted by atomic mass is 32.1. The second-order valence-electron chi connectivity index (χ2n) is 8.73. The van der Waals surface area contributed by atoms with E-state index in [9.17, 15) is 4.79 Å². The van der Waals surface area contributed by atoms with Crippen molar-refractivity contribution in [1.82, 2.24) is 9.38 Å². The zero-order valence-electron chi connectivity index (χ0n) is 17.6. The lowest BCUT2D eigenvalue weighted by Crippen LogP contribution is -2.48. The van der Waals surface area contributed by atoms with E-state index in [4.69, 9.17) is 0 Å². The van der Waals surface area contributed by atoms with Crippen molar-refractivity contribution >= 4 is 39.1 Å². The summed E-state index contributed by atoms with van der Waals surface area (Å²) < 4.78 is 17.3. The molecule has 0 saturated heterocycles. The first-order chi connectivity index (χ1) is 14.3. The molecule has 4 aromatic rings. The maximum atomic E-state index is 15.1. The second kappa shape index (κ2) is 6.64. The first-order valence-electron chi connectivity index (χ1n) is 10.3. The van der Waals surface area contributed by atoms with Crippen LogP contribution in [0, 0.1) is 5.82 Å². The monoisotopic (exact) mass is 421 g/mol. The molecule has 1 unspecified atom stereocenters. The van der Waals surface area contributed by atoms with Crippen LogP contribution in [0.3, 0.4) is 0 Å². The predicted molar refractivity (Wildman–Crippen MR) is 122 cm³/mol. The molecule has 1 aliphatic rings. The van der Waals surface area contributed by atoms with Crippen LogP contribution in [-0.4, -0.2) is 21.5 Å². The highest BCUT2D eigenvalue weighted by Crippen LogP contribution is 2.44. The quantitative estimate of drug-likeness (QED) is 0.471. The van der Waals surface area contributed by atoms with Crippen LogP contribution >= 0.6 is 11.3 Å². The first kappa shape index (κ1) is 19.2. The van der Waals surface area contributed by atoms with Crippen molar-refractivity contribution in [2.75, 3.05) is 11.4 Å². The van der Waals surface area contributed by atoms with Crippen LogP contribution in [0.4, 0.5) is 10.1 Å². The van der Waals surface area contributed by atoms with Crippen LogP contribution in [0.2, 0.25) is 0 Å². The van der Waals surface area contributed by atoms with Gasteiger partial charge in [0.15, 0.2) is 4.96 Å². The van der Waals surface area contributed by atoms with Gasteiger partial charge in [0.25, 0.3) is 5.56 Å². The van der Waals surface area contributed by atoms with Crippen LogP contribution in [0.1, 0.15) is 51.2 Å². The molecule has 30 heavy (non-hydrogen) atoms. The third kappa shape index (κ3) is 2.77. The number of hydrogen-bond donors (Lipinski definition) is 0. The minimum absolute atomic E-state index is 0.0128. The molecule has 0 fully saturated rings. The molecule has 1 aliphatic heterocycles. The van der Waals surface area contributed by atoms with E-state index in [1.165, 1.54) is 11.3 Å². The molecule has 154 valence electrons. The summed E-state index contributed by atoms with van der Waals surface area (Å²) in [7, 11) is 0. The maximum Gasteiger partial charge on any atom is 0.274 e. The van der Waals surface area contributed by atoms with Gasteiger partial charge in [-0.3, -0.25) is 4.79 Å². The lowest BCUT2D eigenvalue weighted by Gasteiger charge is -2.47. The van der Waals surface area contributed by atoms with E-state index in [0.717, 1.165) is 35.2 Å². The van der Waals surface area contributed by atoms with Crippen LogP contribution in [0.25, 0.3) is 22.1 Å². The number of aromatic nitrogens is 2. The molecule has 1 atom stereocenters. The van der Waals surface area contributed by atoms with E-state index in [0.29, 0.717) is 21.0 Å². The normalized spacial score (nSPS) is 19.0. The smallest absolute Gasteiger partial charge is 0.274 e. The maximum absolute atomic E-state index is 15.1. The van der Waals surface area contributed by atoms with Gasteiger partial charge in [-0.1, -0.05) is 30.4 Å². The fourth-order valence-corrected chi connectivity index (χ4v) is 5.96. The lowest BCUT2D eigenvalue weighted by atomic mass is 9.79. The van der Waals surface area contributed by atoms with Gasteiger partial charge in [0.1, 0.15) is 5.82 Å². The van der Waals surface area contributed by atoms with Gasteiger partial charge in [0.2, 0.25) is 0 Å². The van der Waals surface area contributed by atoms with Crippen molar-refractivity contribution in [3.63, 3.8) is 0 Å². The van der Waals surface area contributed by atoms with Crippen molar-refractivity contribution in [3.8, 4) is 0 Å². The zero-order valence-corrected chi connectivity index (χ0v) is 18.4. The highest BCUT2D eigenvalue weighted by molar-refractivity contribution is 7.15. The molecule has 0 N–H and O–H groups in total. The molecular formula is C24H24FN3OS. The van der Waals surface area contributed by atoms with E-state index >= 15 is 4.39 Å². The molecule has 0 bridgehead atoms. The standard InChI is InChI=1S/C24H24FN3OS/c1-5-27-20-12-17(25)15(10-16(20)14(2)13-24(27,3)4)11-21-22(29)28-19-9-7-6-8-18(19)26-23(28)30-21/h6-12,14H,5,13H2,1-4H3/b21-11+. The number of imidazole rings is 1. The zero-order chi connectivity index (χ0) is 21.2. The Morgan fingerprint density at radius 1 is 1.30 bits per heavy atom. The van der Waals surface area contributed by atoms with E-state index in [2.05, 4.69) is 37.6 Å². The van der Waals surface area contributed by atoms with E-state index < -0.39 is 0 Å². The average molecular weight is 422 g/mol. The van der Waals surface area contributed by atoms with Crippen molar-refractivity contribution in [2.24, 2.45) is 0 Å². The summed E-state index contributed by atoms with van der Waals surface area (Å²) in [4.78, 5) is 20.5. The molecule has 4 nitrogen and oxygen atoms in total. The van der Waals surface area contributed by atoms with Crippen molar-refractivity contribution < 1.29 is 4.39 Å². The molecule has 0 radical (unpaired) electrons. The van der Waals surface area contributed by atoms with Gasteiger partial charge in [-0.05, 0) is 69.0 Å². The van der Waals surface area contributed by atoms with Crippen LogP contribution in [0.5, 0.6) is 0 Å². The Morgan fingerprint density at radius 3 is 2.83 bits per heavy atom. The molecular weight excluding hydrogens is 397 g/mol.